The standard InChI is InChI=1S/C15H25NO7S/c1-4-15(23-24(3,20)21)11-8-6-5-7-10(11)9-12(13(17)18)16(15)14(19)22-2/h10-12H,4-9H2,1-3H3,(H,17,18). The third-order valence-corrected chi connectivity index (χ3v) is 5.78. The highest BCUT2D eigenvalue weighted by atomic mass is 32.2. The molecule has 1 saturated heterocycles. The number of hydrogen-bond acceptors (Lipinski definition) is 6. The summed E-state index contributed by atoms with van der Waals surface area (Å²) in [5.41, 5.74) is -1.52. The number of amides is 1. The first-order valence-corrected chi connectivity index (χ1v) is 9.98. The fraction of sp³-hybridized carbons (Fsp3) is 0.867. The molecule has 1 N–H and O–H groups in total. The van der Waals surface area contributed by atoms with Gasteiger partial charge < -0.3 is 9.84 Å². The second kappa shape index (κ2) is 6.87. The van der Waals surface area contributed by atoms with Crippen molar-refractivity contribution in [3.63, 3.8) is 0 Å². The van der Waals surface area contributed by atoms with Gasteiger partial charge in [-0.2, -0.15) is 8.42 Å². The molecule has 0 radical (unpaired) electrons. The summed E-state index contributed by atoms with van der Waals surface area (Å²) in [6.07, 6.45) is 3.84. The van der Waals surface area contributed by atoms with Crippen molar-refractivity contribution in [1.82, 2.24) is 4.90 Å². The smallest absolute Gasteiger partial charge is 0.412 e. The third-order valence-electron chi connectivity index (χ3n) is 5.19. The molecule has 4 atom stereocenters. The van der Waals surface area contributed by atoms with Crippen LogP contribution < -0.4 is 0 Å². The van der Waals surface area contributed by atoms with Gasteiger partial charge >= 0.3 is 12.1 Å². The molecule has 2 rings (SSSR count). The Hall–Kier alpha value is -1.35. The Morgan fingerprint density at radius 3 is 2.42 bits per heavy atom. The second-order valence-electron chi connectivity index (χ2n) is 6.57. The number of carbonyl (C=O) groups excluding carboxylic acids is 1. The molecule has 4 unspecified atom stereocenters. The Balaban J connectivity index is 2.61. The first kappa shape index (κ1) is 19.0. The average Bonchev–Trinajstić information content (AvgIpc) is 2.52. The van der Waals surface area contributed by atoms with E-state index in [0.717, 1.165) is 37.5 Å². The topological polar surface area (TPSA) is 110 Å². The monoisotopic (exact) mass is 363 g/mol. The number of carbonyl (C=O) groups is 2. The summed E-state index contributed by atoms with van der Waals surface area (Å²) in [6.45, 7) is 1.71. The van der Waals surface area contributed by atoms with Crippen LogP contribution in [-0.2, 0) is 23.8 Å². The minimum atomic E-state index is -3.91. The summed E-state index contributed by atoms with van der Waals surface area (Å²) < 4.78 is 34.1. The molecule has 0 spiro atoms. The van der Waals surface area contributed by atoms with Crippen molar-refractivity contribution in [2.24, 2.45) is 11.8 Å². The molecule has 0 aromatic heterocycles. The lowest BCUT2D eigenvalue weighted by atomic mass is 9.66. The van der Waals surface area contributed by atoms with Gasteiger partial charge in [-0.1, -0.05) is 19.8 Å². The van der Waals surface area contributed by atoms with Crippen LogP contribution >= 0.6 is 0 Å². The maximum Gasteiger partial charge on any atom is 0.412 e. The Kier molecular flexibility index (Phi) is 5.44. The van der Waals surface area contributed by atoms with E-state index in [1.807, 2.05) is 0 Å². The molecule has 1 aliphatic heterocycles. The molecule has 9 heteroatoms. The van der Waals surface area contributed by atoms with Gasteiger partial charge in [0.15, 0.2) is 5.72 Å². The number of carboxylic acids is 1. The summed E-state index contributed by atoms with van der Waals surface area (Å²) in [6, 6.07) is -1.17. The first-order valence-electron chi connectivity index (χ1n) is 8.17. The van der Waals surface area contributed by atoms with Gasteiger partial charge in [-0.15, -0.1) is 0 Å². The lowest BCUT2D eigenvalue weighted by molar-refractivity contribution is -0.194. The molecular weight excluding hydrogens is 338 g/mol. The number of fused-ring (bicyclic) bond motifs is 1. The third kappa shape index (κ3) is 3.37. The van der Waals surface area contributed by atoms with Crippen LogP contribution in [0, 0.1) is 11.8 Å². The summed E-state index contributed by atoms with van der Waals surface area (Å²) in [4.78, 5) is 25.2. The molecule has 2 fully saturated rings. The van der Waals surface area contributed by atoms with E-state index in [-0.39, 0.29) is 24.7 Å². The molecule has 0 aromatic carbocycles. The number of carboxylic acid groups (broad SMARTS) is 1. The van der Waals surface area contributed by atoms with E-state index in [1.54, 1.807) is 6.92 Å². The van der Waals surface area contributed by atoms with E-state index in [2.05, 4.69) is 0 Å². The van der Waals surface area contributed by atoms with E-state index in [1.165, 1.54) is 0 Å². The number of piperidine rings is 1. The average molecular weight is 363 g/mol. The maximum absolute atomic E-state index is 12.4. The molecule has 8 nitrogen and oxygen atoms in total. The van der Waals surface area contributed by atoms with Crippen molar-refractivity contribution in [1.29, 1.82) is 0 Å². The molecule has 1 heterocycles. The van der Waals surface area contributed by atoms with Crippen LogP contribution in [0.3, 0.4) is 0 Å². The van der Waals surface area contributed by atoms with Crippen LogP contribution in [0.25, 0.3) is 0 Å². The van der Waals surface area contributed by atoms with E-state index in [9.17, 15) is 23.1 Å². The lowest BCUT2D eigenvalue weighted by Crippen LogP contribution is -2.69. The highest BCUT2D eigenvalue weighted by Gasteiger charge is 2.59. The number of rotatable bonds is 4. The largest absolute Gasteiger partial charge is 0.480 e. The zero-order valence-electron chi connectivity index (χ0n) is 14.2. The Morgan fingerprint density at radius 2 is 1.92 bits per heavy atom. The molecule has 1 amide bonds. The normalized spacial score (nSPS) is 33.6. The molecular formula is C15H25NO7S. The van der Waals surface area contributed by atoms with E-state index < -0.39 is 33.9 Å². The zero-order chi connectivity index (χ0) is 18.1. The SMILES string of the molecule is CCC1(OS(C)(=O)=O)C2CCCCC2CC(C(=O)O)N1C(=O)OC. The van der Waals surface area contributed by atoms with Crippen LogP contribution in [0.1, 0.15) is 45.4 Å². The van der Waals surface area contributed by atoms with Gasteiger partial charge in [-0.05, 0) is 31.6 Å². The van der Waals surface area contributed by atoms with Gasteiger partial charge in [-0.25, -0.2) is 13.8 Å². The molecule has 138 valence electrons. The molecule has 2 aliphatic rings. The Bertz CT molecular complexity index is 605. The van der Waals surface area contributed by atoms with Crippen molar-refractivity contribution in [2.75, 3.05) is 13.4 Å². The summed E-state index contributed by atoms with van der Waals surface area (Å²) in [5, 5.41) is 9.61. The van der Waals surface area contributed by atoms with E-state index in [0.29, 0.717) is 6.42 Å². The Labute approximate surface area is 142 Å². The molecule has 1 saturated carbocycles. The molecule has 0 aromatic rings. The van der Waals surface area contributed by atoms with Crippen LogP contribution in [-0.4, -0.2) is 55.6 Å². The van der Waals surface area contributed by atoms with Crippen molar-refractivity contribution in [3.8, 4) is 0 Å². The fourth-order valence-corrected chi connectivity index (χ4v) is 5.21. The molecule has 1 aliphatic carbocycles. The van der Waals surface area contributed by atoms with Gasteiger partial charge in [-0.3, -0.25) is 4.90 Å². The van der Waals surface area contributed by atoms with Crippen molar-refractivity contribution >= 4 is 22.2 Å². The van der Waals surface area contributed by atoms with Gasteiger partial charge in [0.2, 0.25) is 0 Å². The molecule has 24 heavy (non-hydrogen) atoms. The Morgan fingerprint density at radius 1 is 1.29 bits per heavy atom. The molecule has 0 bridgehead atoms. The van der Waals surface area contributed by atoms with Crippen LogP contribution in [0.5, 0.6) is 0 Å². The van der Waals surface area contributed by atoms with E-state index in [4.69, 9.17) is 8.92 Å². The van der Waals surface area contributed by atoms with Gasteiger partial charge in [0, 0.05) is 5.92 Å². The number of nitrogens with zero attached hydrogens (tertiary/aromatic N) is 1. The highest BCUT2D eigenvalue weighted by molar-refractivity contribution is 7.86. The summed E-state index contributed by atoms with van der Waals surface area (Å²) in [5.74, 6) is -1.41. The number of aliphatic carboxylic acids is 1. The van der Waals surface area contributed by atoms with Crippen LogP contribution in [0.2, 0.25) is 0 Å². The zero-order valence-corrected chi connectivity index (χ0v) is 15.0. The van der Waals surface area contributed by atoms with Gasteiger partial charge in [0.1, 0.15) is 6.04 Å². The van der Waals surface area contributed by atoms with Crippen molar-refractivity contribution in [3.05, 3.63) is 0 Å². The minimum absolute atomic E-state index is 0.00227. The van der Waals surface area contributed by atoms with Crippen molar-refractivity contribution in [2.45, 2.75) is 57.2 Å². The van der Waals surface area contributed by atoms with Gasteiger partial charge in [0.05, 0.1) is 13.4 Å². The fourth-order valence-electron chi connectivity index (χ4n) is 4.37. The van der Waals surface area contributed by atoms with Crippen LogP contribution in [0.4, 0.5) is 4.79 Å². The second-order valence-corrected chi connectivity index (χ2v) is 8.14. The predicted octanol–water partition coefficient (Wildman–Crippen LogP) is 1.80. The predicted molar refractivity (Wildman–Crippen MR) is 84.7 cm³/mol. The number of methoxy groups -OCH3 is 1. The quantitative estimate of drug-likeness (QED) is 0.758. The maximum atomic E-state index is 12.4. The summed E-state index contributed by atoms with van der Waals surface area (Å²) in [7, 11) is -2.76. The number of ether oxygens (including phenoxy) is 1. The number of hydrogen-bond donors (Lipinski definition) is 1. The van der Waals surface area contributed by atoms with Crippen LogP contribution in [0.15, 0.2) is 0 Å². The van der Waals surface area contributed by atoms with Gasteiger partial charge in [0.25, 0.3) is 10.1 Å². The first-order chi connectivity index (χ1) is 11.2. The minimum Gasteiger partial charge on any atom is -0.480 e. The number of likely N-dealkylation sites (tertiary alicyclic amines) is 1. The summed E-state index contributed by atoms with van der Waals surface area (Å²) >= 11 is 0. The van der Waals surface area contributed by atoms with Crippen molar-refractivity contribution < 1.29 is 32.0 Å². The van der Waals surface area contributed by atoms with E-state index >= 15 is 0 Å². The highest BCUT2D eigenvalue weighted by Crippen LogP contribution is 2.50. The lowest BCUT2D eigenvalue weighted by Gasteiger charge is -2.56.